The fourth-order valence-corrected chi connectivity index (χ4v) is 0.999. The first-order chi connectivity index (χ1) is 5.04. The Bertz CT molecular complexity index is 184. The normalized spacial score (nSPS) is 39.4. The van der Waals surface area contributed by atoms with Gasteiger partial charge in [-0.1, -0.05) is 0 Å². The molecule has 0 radical (unpaired) electrons. The fraction of sp³-hybridized carbons (Fsp3) is 0.667. The van der Waals surface area contributed by atoms with Gasteiger partial charge in [0, 0.05) is 17.8 Å². The molecule has 0 bridgehead atoms. The third-order valence-corrected chi connectivity index (χ3v) is 1.74. The molecule has 11 heavy (non-hydrogen) atoms. The summed E-state index contributed by atoms with van der Waals surface area (Å²) in [5.41, 5.74) is -0.236. The van der Waals surface area contributed by atoms with Crippen molar-refractivity contribution in [2.45, 2.75) is 24.7 Å². The highest BCUT2D eigenvalue weighted by Crippen LogP contribution is 2.13. The summed E-state index contributed by atoms with van der Waals surface area (Å²) in [5, 5.41) is 41.2. The van der Waals surface area contributed by atoms with Crippen LogP contribution in [-0.2, 0) is 0 Å². The Morgan fingerprint density at radius 1 is 1.00 bits per heavy atom. The van der Waals surface area contributed by atoms with E-state index in [1.54, 1.807) is 0 Å². The number of hydrogen-bond acceptors (Lipinski definition) is 5. The van der Waals surface area contributed by atoms with Crippen LogP contribution in [0, 0.1) is 10.8 Å². The zero-order valence-electron chi connectivity index (χ0n) is 5.78. The monoisotopic (exact) mass is 158 g/mol. The van der Waals surface area contributed by atoms with Crippen molar-refractivity contribution < 1.29 is 15.3 Å². The summed E-state index contributed by atoms with van der Waals surface area (Å²) in [6.07, 6.45) is -4.11. The predicted molar refractivity (Wildman–Crippen MR) is 38.1 cm³/mol. The molecule has 62 valence electrons. The Kier molecular flexibility index (Phi) is 2.03. The van der Waals surface area contributed by atoms with E-state index in [0.29, 0.717) is 0 Å². The quantitative estimate of drug-likeness (QED) is 0.296. The lowest BCUT2D eigenvalue weighted by molar-refractivity contribution is -0.0114. The predicted octanol–water partition coefficient (Wildman–Crippen LogP) is -1.49. The Morgan fingerprint density at radius 2 is 1.36 bits per heavy atom. The topological polar surface area (TPSA) is 108 Å². The largest absolute Gasteiger partial charge is 0.387 e. The van der Waals surface area contributed by atoms with Crippen molar-refractivity contribution in [2.75, 3.05) is 0 Å². The van der Waals surface area contributed by atoms with Crippen molar-refractivity contribution in [1.29, 1.82) is 10.8 Å². The molecular weight excluding hydrogens is 148 g/mol. The van der Waals surface area contributed by atoms with E-state index in [4.69, 9.17) is 26.1 Å². The SMILES string of the molecule is N=C1CC(=N)C(O)C(O)C1O. The number of rotatable bonds is 0. The third-order valence-electron chi connectivity index (χ3n) is 1.74. The van der Waals surface area contributed by atoms with Crippen LogP contribution in [0.1, 0.15) is 6.42 Å². The van der Waals surface area contributed by atoms with E-state index in [1.165, 1.54) is 0 Å². The van der Waals surface area contributed by atoms with Gasteiger partial charge < -0.3 is 26.1 Å². The van der Waals surface area contributed by atoms with Gasteiger partial charge in [-0.25, -0.2) is 0 Å². The number of nitrogens with one attached hydrogen (secondary N) is 2. The van der Waals surface area contributed by atoms with E-state index in [0.717, 1.165) is 0 Å². The lowest BCUT2D eigenvalue weighted by atomic mass is 9.89. The second-order valence-corrected chi connectivity index (χ2v) is 2.61. The van der Waals surface area contributed by atoms with Gasteiger partial charge in [-0.05, 0) is 0 Å². The zero-order valence-corrected chi connectivity index (χ0v) is 5.78. The average molecular weight is 158 g/mol. The number of aliphatic hydroxyl groups is 3. The summed E-state index contributed by atoms with van der Waals surface area (Å²) in [6.45, 7) is 0. The molecule has 5 heteroatoms. The first-order valence-electron chi connectivity index (χ1n) is 3.23. The van der Waals surface area contributed by atoms with Gasteiger partial charge in [0.25, 0.3) is 0 Å². The third kappa shape index (κ3) is 1.30. The van der Waals surface area contributed by atoms with Crippen molar-refractivity contribution in [3.8, 4) is 0 Å². The van der Waals surface area contributed by atoms with Crippen LogP contribution in [0.3, 0.4) is 0 Å². The molecule has 0 aromatic rings. The zero-order chi connectivity index (χ0) is 8.59. The standard InChI is InChI=1S/C6H10N2O3/c7-2-1-3(8)5(10)6(11)4(2)9/h4-11H,1H2. The Morgan fingerprint density at radius 3 is 1.73 bits per heavy atom. The van der Waals surface area contributed by atoms with Gasteiger partial charge in [0.15, 0.2) is 0 Å². The molecule has 0 spiro atoms. The maximum absolute atomic E-state index is 9.01. The van der Waals surface area contributed by atoms with Gasteiger partial charge in [0.2, 0.25) is 0 Å². The van der Waals surface area contributed by atoms with Gasteiger partial charge in [-0.3, -0.25) is 0 Å². The van der Waals surface area contributed by atoms with E-state index in [-0.39, 0.29) is 17.8 Å². The molecule has 2 unspecified atom stereocenters. The highest BCUT2D eigenvalue weighted by Gasteiger charge is 2.36. The maximum Gasteiger partial charge on any atom is 0.120 e. The lowest BCUT2D eigenvalue weighted by Crippen LogP contribution is -2.51. The van der Waals surface area contributed by atoms with Crippen molar-refractivity contribution in [2.24, 2.45) is 0 Å². The van der Waals surface area contributed by atoms with Crippen LogP contribution < -0.4 is 0 Å². The van der Waals surface area contributed by atoms with Gasteiger partial charge >= 0.3 is 0 Å². The molecule has 2 atom stereocenters. The molecule has 1 fully saturated rings. The molecule has 0 aromatic heterocycles. The molecule has 0 amide bonds. The number of aliphatic hydroxyl groups excluding tert-OH is 3. The van der Waals surface area contributed by atoms with Crippen LogP contribution >= 0.6 is 0 Å². The van der Waals surface area contributed by atoms with E-state index in [9.17, 15) is 0 Å². The van der Waals surface area contributed by atoms with Crippen LogP contribution in [-0.4, -0.2) is 45.1 Å². The highest BCUT2D eigenvalue weighted by atomic mass is 16.4. The van der Waals surface area contributed by atoms with Gasteiger partial charge in [0.1, 0.15) is 18.3 Å². The van der Waals surface area contributed by atoms with Crippen molar-refractivity contribution in [3.05, 3.63) is 0 Å². The molecule has 0 aromatic carbocycles. The van der Waals surface area contributed by atoms with Gasteiger partial charge in [-0.15, -0.1) is 0 Å². The van der Waals surface area contributed by atoms with Crippen LogP contribution in [0.4, 0.5) is 0 Å². The maximum atomic E-state index is 9.01. The molecule has 0 heterocycles. The van der Waals surface area contributed by atoms with E-state index in [2.05, 4.69) is 0 Å². The number of hydrogen-bond donors (Lipinski definition) is 5. The first kappa shape index (κ1) is 8.32. The minimum Gasteiger partial charge on any atom is -0.387 e. The van der Waals surface area contributed by atoms with Crippen LogP contribution in [0.5, 0.6) is 0 Å². The molecule has 5 N–H and O–H groups in total. The fourth-order valence-electron chi connectivity index (χ4n) is 0.999. The molecular formula is C6H10N2O3. The Hall–Kier alpha value is -0.780. The average Bonchev–Trinajstić information content (AvgIpc) is 1.97. The molecule has 1 aliphatic carbocycles. The van der Waals surface area contributed by atoms with Gasteiger partial charge in [-0.2, -0.15) is 0 Å². The summed E-state index contributed by atoms with van der Waals surface area (Å²) in [7, 11) is 0. The second-order valence-electron chi connectivity index (χ2n) is 2.61. The van der Waals surface area contributed by atoms with Crippen molar-refractivity contribution >= 4 is 11.4 Å². The van der Waals surface area contributed by atoms with E-state index in [1.807, 2.05) is 0 Å². The highest BCUT2D eigenvalue weighted by molar-refractivity contribution is 6.08. The summed E-state index contributed by atoms with van der Waals surface area (Å²) in [4.78, 5) is 0. The molecule has 1 rings (SSSR count). The summed E-state index contributed by atoms with van der Waals surface area (Å²) in [5.74, 6) is 0. The first-order valence-corrected chi connectivity index (χ1v) is 3.23. The minimum absolute atomic E-state index is 0.0562. The summed E-state index contributed by atoms with van der Waals surface area (Å²) < 4.78 is 0. The molecule has 1 aliphatic rings. The summed E-state index contributed by atoms with van der Waals surface area (Å²) in [6, 6.07) is 0. The molecule has 5 nitrogen and oxygen atoms in total. The van der Waals surface area contributed by atoms with Crippen LogP contribution in [0.25, 0.3) is 0 Å². The second kappa shape index (κ2) is 2.69. The molecule has 0 saturated heterocycles. The van der Waals surface area contributed by atoms with Crippen LogP contribution in [0.2, 0.25) is 0 Å². The van der Waals surface area contributed by atoms with Crippen molar-refractivity contribution in [1.82, 2.24) is 0 Å². The molecule has 1 saturated carbocycles. The Labute approximate surface area is 63.3 Å². The summed E-state index contributed by atoms with van der Waals surface area (Å²) >= 11 is 0. The smallest absolute Gasteiger partial charge is 0.120 e. The molecule has 0 aliphatic heterocycles. The minimum atomic E-state index is -1.41. The Balaban J connectivity index is 2.78. The van der Waals surface area contributed by atoms with Crippen LogP contribution in [0.15, 0.2) is 0 Å². The van der Waals surface area contributed by atoms with E-state index >= 15 is 0 Å². The van der Waals surface area contributed by atoms with E-state index < -0.39 is 18.3 Å². The van der Waals surface area contributed by atoms with Gasteiger partial charge in [0.05, 0.1) is 0 Å². The lowest BCUT2D eigenvalue weighted by Gasteiger charge is -2.29. The van der Waals surface area contributed by atoms with Crippen molar-refractivity contribution in [3.63, 3.8) is 0 Å².